The van der Waals surface area contributed by atoms with Crippen LogP contribution in [0.5, 0.6) is 0 Å². The van der Waals surface area contributed by atoms with Gasteiger partial charge in [-0.05, 0) is 30.2 Å². The number of carbonyl (C=O) groups excluding carboxylic acids is 2. The van der Waals surface area contributed by atoms with Gasteiger partial charge in [0, 0.05) is 10.7 Å². The molecular weight excluding hydrogens is 266 g/mol. The third-order valence-electron chi connectivity index (χ3n) is 2.90. The van der Waals surface area contributed by atoms with Crippen molar-refractivity contribution in [1.29, 1.82) is 0 Å². The predicted octanol–water partition coefficient (Wildman–Crippen LogP) is 2.36. The van der Waals surface area contributed by atoms with E-state index in [0.29, 0.717) is 10.7 Å². The molecule has 0 unspecified atom stereocenters. The summed E-state index contributed by atoms with van der Waals surface area (Å²) in [5, 5.41) is 5.77. The minimum absolute atomic E-state index is 0.0141. The van der Waals surface area contributed by atoms with Gasteiger partial charge in [0.15, 0.2) is 0 Å². The van der Waals surface area contributed by atoms with Crippen molar-refractivity contribution < 1.29 is 9.59 Å². The minimum atomic E-state index is -0.712. The van der Waals surface area contributed by atoms with Gasteiger partial charge in [0.2, 0.25) is 5.91 Å². The molecule has 19 heavy (non-hydrogen) atoms. The van der Waals surface area contributed by atoms with E-state index in [2.05, 4.69) is 10.6 Å². The summed E-state index contributed by atoms with van der Waals surface area (Å²) in [6.07, 6.45) is 0.749. The summed E-state index contributed by atoms with van der Waals surface area (Å²) in [5.74, 6) is -0.310. The summed E-state index contributed by atoms with van der Waals surface area (Å²) in [5.41, 5.74) is 5.71. The number of nitrogens with two attached hydrogens (primary N) is 1. The summed E-state index contributed by atoms with van der Waals surface area (Å²) in [4.78, 5) is 23.1. The van der Waals surface area contributed by atoms with Gasteiger partial charge in [0.1, 0.15) is 6.04 Å². The number of rotatable bonds is 5. The number of carbonyl (C=O) groups is 2. The van der Waals surface area contributed by atoms with E-state index in [9.17, 15) is 9.59 Å². The molecule has 2 atom stereocenters. The van der Waals surface area contributed by atoms with E-state index in [1.54, 1.807) is 24.3 Å². The van der Waals surface area contributed by atoms with Gasteiger partial charge >= 0.3 is 6.03 Å². The van der Waals surface area contributed by atoms with Crippen molar-refractivity contribution in [3.05, 3.63) is 29.3 Å². The molecule has 0 saturated heterocycles. The monoisotopic (exact) mass is 283 g/mol. The summed E-state index contributed by atoms with van der Waals surface area (Å²) in [7, 11) is 0. The zero-order valence-electron chi connectivity index (χ0n) is 10.9. The molecule has 5 nitrogen and oxygen atoms in total. The highest BCUT2D eigenvalue weighted by atomic mass is 35.5. The van der Waals surface area contributed by atoms with Crippen LogP contribution in [-0.4, -0.2) is 18.0 Å². The van der Waals surface area contributed by atoms with Crippen LogP contribution in [0.15, 0.2) is 24.3 Å². The second kappa shape index (κ2) is 6.99. The maximum absolute atomic E-state index is 12.1. The largest absolute Gasteiger partial charge is 0.352 e. The van der Waals surface area contributed by atoms with E-state index < -0.39 is 12.1 Å². The second-order valence-electron chi connectivity index (χ2n) is 4.37. The van der Waals surface area contributed by atoms with E-state index in [1.165, 1.54) is 0 Å². The molecule has 0 aromatic heterocycles. The lowest BCUT2D eigenvalue weighted by Gasteiger charge is -2.22. The molecule has 0 bridgehead atoms. The first-order valence-electron chi connectivity index (χ1n) is 6.06. The molecule has 0 fully saturated rings. The van der Waals surface area contributed by atoms with Crippen LogP contribution >= 0.6 is 11.6 Å². The van der Waals surface area contributed by atoms with E-state index >= 15 is 0 Å². The summed E-state index contributed by atoms with van der Waals surface area (Å²) in [6, 6.07) is 5.37. The maximum Gasteiger partial charge on any atom is 0.312 e. The highest BCUT2D eigenvalue weighted by Crippen LogP contribution is 2.15. The van der Waals surface area contributed by atoms with Crippen molar-refractivity contribution in [1.82, 2.24) is 5.32 Å². The molecule has 0 aliphatic carbocycles. The van der Waals surface area contributed by atoms with E-state index in [0.717, 1.165) is 6.42 Å². The number of hydrogen-bond acceptors (Lipinski definition) is 2. The molecular formula is C13H18ClN3O2. The zero-order chi connectivity index (χ0) is 14.4. The smallest absolute Gasteiger partial charge is 0.312 e. The highest BCUT2D eigenvalue weighted by molar-refractivity contribution is 6.30. The van der Waals surface area contributed by atoms with Crippen LogP contribution in [0.4, 0.5) is 10.5 Å². The van der Waals surface area contributed by atoms with Gasteiger partial charge in [-0.25, -0.2) is 4.79 Å². The molecule has 1 aromatic rings. The third kappa shape index (κ3) is 4.79. The lowest BCUT2D eigenvalue weighted by molar-refractivity contribution is -0.119. The number of primary amides is 1. The SMILES string of the molecule is CC[C@@H](C)[C@@H](NC(N)=O)C(=O)Nc1ccc(Cl)cc1. The van der Waals surface area contributed by atoms with Gasteiger partial charge in [-0.1, -0.05) is 31.9 Å². The summed E-state index contributed by atoms with van der Waals surface area (Å²) in [6.45, 7) is 3.82. The van der Waals surface area contributed by atoms with Crippen molar-refractivity contribution in [2.24, 2.45) is 11.7 Å². The Kier molecular flexibility index (Phi) is 5.63. The molecule has 1 aromatic carbocycles. The quantitative estimate of drug-likeness (QED) is 0.775. The standard InChI is InChI=1S/C13H18ClN3O2/c1-3-8(2)11(17-13(15)19)12(18)16-10-6-4-9(14)5-7-10/h4-8,11H,3H2,1-2H3,(H,16,18)(H3,15,17,19)/t8-,11-/m1/s1. The molecule has 0 radical (unpaired) electrons. The second-order valence-corrected chi connectivity index (χ2v) is 4.80. The van der Waals surface area contributed by atoms with Crippen molar-refractivity contribution >= 4 is 29.2 Å². The van der Waals surface area contributed by atoms with Gasteiger partial charge in [0.25, 0.3) is 0 Å². The van der Waals surface area contributed by atoms with Crippen molar-refractivity contribution in [2.45, 2.75) is 26.3 Å². The minimum Gasteiger partial charge on any atom is -0.352 e. The first-order chi connectivity index (χ1) is 8.93. The van der Waals surface area contributed by atoms with E-state index in [-0.39, 0.29) is 11.8 Å². The van der Waals surface area contributed by atoms with Crippen molar-refractivity contribution in [3.8, 4) is 0 Å². The fourth-order valence-corrected chi connectivity index (χ4v) is 1.73. The number of urea groups is 1. The van der Waals surface area contributed by atoms with Crippen LogP contribution in [0.25, 0.3) is 0 Å². The third-order valence-corrected chi connectivity index (χ3v) is 3.16. The number of hydrogen-bond donors (Lipinski definition) is 3. The number of benzene rings is 1. The molecule has 0 saturated carbocycles. The average molecular weight is 284 g/mol. The fraction of sp³-hybridized carbons (Fsp3) is 0.385. The molecule has 0 spiro atoms. The molecule has 1 rings (SSSR count). The zero-order valence-corrected chi connectivity index (χ0v) is 11.7. The molecule has 4 N–H and O–H groups in total. The number of amides is 3. The Labute approximate surface area is 117 Å². The van der Waals surface area contributed by atoms with E-state index in [1.807, 2.05) is 13.8 Å². The van der Waals surface area contributed by atoms with Crippen LogP contribution in [0, 0.1) is 5.92 Å². The summed E-state index contributed by atoms with van der Waals surface area (Å²) >= 11 is 5.77. The Morgan fingerprint density at radius 1 is 1.32 bits per heavy atom. The van der Waals surface area contributed by atoms with Crippen LogP contribution in [0.3, 0.4) is 0 Å². The Hall–Kier alpha value is -1.75. The normalized spacial score (nSPS) is 13.4. The van der Waals surface area contributed by atoms with Crippen LogP contribution in [0.2, 0.25) is 5.02 Å². The molecule has 3 amide bonds. The Balaban J connectivity index is 2.76. The van der Waals surface area contributed by atoms with Gasteiger partial charge < -0.3 is 16.4 Å². The molecule has 0 heterocycles. The molecule has 104 valence electrons. The van der Waals surface area contributed by atoms with Crippen LogP contribution in [-0.2, 0) is 4.79 Å². The number of nitrogens with one attached hydrogen (secondary N) is 2. The number of halogens is 1. The maximum atomic E-state index is 12.1. The van der Waals surface area contributed by atoms with Crippen LogP contribution < -0.4 is 16.4 Å². The van der Waals surface area contributed by atoms with Gasteiger partial charge in [-0.2, -0.15) is 0 Å². The Bertz CT molecular complexity index is 448. The first kappa shape index (κ1) is 15.3. The van der Waals surface area contributed by atoms with Crippen molar-refractivity contribution in [3.63, 3.8) is 0 Å². The Morgan fingerprint density at radius 3 is 2.37 bits per heavy atom. The fourth-order valence-electron chi connectivity index (χ4n) is 1.61. The average Bonchev–Trinajstić information content (AvgIpc) is 2.37. The molecule has 6 heteroatoms. The molecule has 0 aliphatic rings. The van der Waals surface area contributed by atoms with E-state index in [4.69, 9.17) is 17.3 Å². The Morgan fingerprint density at radius 2 is 1.89 bits per heavy atom. The first-order valence-corrected chi connectivity index (χ1v) is 6.44. The van der Waals surface area contributed by atoms with Gasteiger partial charge in [0.05, 0.1) is 0 Å². The van der Waals surface area contributed by atoms with Crippen LogP contribution in [0.1, 0.15) is 20.3 Å². The van der Waals surface area contributed by atoms with Crippen molar-refractivity contribution in [2.75, 3.05) is 5.32 Å². The number of anilines is 1. The van der Waals surface area contributed by atoms with Gasteiger partial charge in [-0.3, -0.25) is 4.79 Å². The molecule has 0 aliphatic heterocycles. The highest BCUT2D eigenvalue weighted by Gasteiger charge is 2.25. The lowest BCUT2D eigenvalue weighted by Crippen LogP contribution is -2.49. The lowest BCUT2D eigenvalue weighted by atomic mass is 9.98. The summed E-state index contributed by atoms with van der Waals surface area (Å²) < 4.78 is 0. The topological polar surface area (TPSA) is 84.2 Å². The van der Waals surface area contributed by atoms with Gasteiger partial charge in [-0.15, -0.1) is 0 Å². The predicted molar refractivity (Wildman–Crippen MR) is 76.0 cm³/mol.